The molecule has 0 amide bonds. The lowest BCUT2D eigenvalue weighted by Gasteiger charge is -2.08. The van der Waals surface area contributed by atoms with E-state index in [0.717, 1.165) is 12.8 Å². The molecular weight excluding hydrogens is 457 g/mol. The Bertz CT molecular complexity index is 1450. The number of halogens is 2. The molecule has 30 heavy (non-hydrogen) atoms. The van der Waals surface area contributed by atoms with Gasteiger partial charge in [-0.15, -0.1) is 0 Å². The van der Waals surface area contributed by atoms with E-state index in [0.29, 0.717) is 26.6 Å². The fourth-order valence-electron chi connectivity index (χ4n) is 2.99. The molecule has 4 aromatic rings. The number of rotatable bonds is 4. The summed E-state index contributed by atoms with van der Waals surface area (Å²) in [6.07, 6.45) is 5.12. The number of aromatic hydroxyl groups is 1. The molecule has 1 fully saturated rings. The van der Waals surface area contributed by atoms with Crippen LogP contribution in [-0.4, -0.2) is 35.7 Å². The first kappa shape index (κ1) is 18.6. The number of nitrogens with zero attached hydrogens (tertiary/aromatic N) is 4. The van der Waals surface area contributed by atoms with Gasteiger partial charge < -0.3 is 15.4 Å². The second-order valence-corrected chi connectivity index (χ2v) is 7.85. The lowest BCUT2D eigenvalue weighted by molar-refractivity contribution is 0.454. The normalized spacial score (nSPS) is 15.3. The van der Waals surface area contributed by atoms with Crippen molar-refractivity contribution in [2.24, 2.45) is 4.99 Å². The molecule has 1 aliphatic carbocycles. The Labute approximate surface area is 176 Å². The number of fused-ring (bicyclic) bond motifs is 1. The second-order valence-electron chi connectivity index (χ2n) is 6.93. The van der Waals surface area contributed by atoms with Crippen molar-refractivity contribution in [1.29, 1.82) is 0 Å². The van der Waals surface area contributed by atoms with Crippen LogP contribution >= 0.6 is 15.9 Å². The van der Waals surface area contributed by atoms with Gasteiger partial charge >= 0.3 is 5.69 Å². The van der Waals surface area contributed by atoms with Gasteiger partial charge in [-0.2, -0.15) is 9.61 Å². The largest absolute Gasteiger partial charge is 0.493 e. The quantitative estimate of drug-likeness (QED) is 0.360. The number of nitrogens with one attached hydrogen (secondary N) is 3. The zero-order valence-corrected chi connectivity index (χ0v) is 16.9. The third-order valence-electron chi connectivity index (χ3n) is 4.57. The molecule has 0 atom stereocenters. The van der Waals surface area contributed by atoms with E-state index in [-0.39, 0.29) is 23.3 Å². The van der Waals surface area contributed by atoms with E-state index in [2.05, 4.69) is 46.3 Å². The highest BCUT2D eigenvalue weighted by Crippen LogP contribution is 2.24. The Kier molecular flexibility index (Phi) is 4.39. The van der Waals surface area contributed by atoms with Crippen LogP contribution in [0.4, 0.5) is 15.9 Å². The molecule has 9 nitrogen and oxygen atoms in total. The summed E-state index contributed by atoms with van der Waals surface area (Å²) in [7, 11) is 0. The van der Waals surface area contributed by atoms with Gasteiger partial charge in [0, 0.05) is 15.8 Å². The van der Waals surface area contributed by atoms with Gasteiger partial charge in [0.15, 0.2) is 11.1 Å². The van der Waals surface area contributed by atoms with Crippen LogP contribution < -0.4 is 21.7 Å². The van der Waals surface area contributed by atoms with Crippen molar-refractivity contribution in [1.82, 2.24) is 24.6 Å². The highest BCUT2D eigenvalue weighted by Gasteiger charge is 2.20. The summed E-state index contributed by atoms with van der Waals surface area (Å²) in [5.41, 5.74) is 0.966. The summed E-state index contributed by atoms with van der Waals surface area (Å²) in [5, 5.41) is 17.7. The van der Waals surface area contributed by atoms with Crippen LogP contribution in [0, 0.1) is 5.82 Å². The smallest absolute Gasteiger partial charge is 0.326 e. The van der Waals surface area contributed by atoms with Crippen molar-refractivity contribution in [3.63, 3.8) is 0 Å². The first-order valence-electron chi connectivity index (χ1n) is 9.14. The number of hydrogen-bond donors (Lipinski definition) is 4. The minimum absolute atomic E-state index is 0.203. The fourth-order valence-corrected chi connectivity index (χ4v) is 3.32. The van der Waals surface area contributed by atoms with Crippen molar-refractivity contribution in [2.75, 3.05) is 5.32 Å². The molecule has 0 bridgehead atoms. The maximum atomic E-state index is 14.3. The SMILES string of the molecule is O=c1[nH]c(O)c(/C=c2/cnn3c(=NC4CC4)cc(Nc4ccc(Br)cc4F)nc23)[nH]1. The molecule has 11 heteroatoms. The highest BCUT2D eigenvalue weighted by atomic mass is 79.9. The molecule has 3 aromatic heterocycles. The summed E-state index contributed by atoms with van der Waals surface area (Å²) >= 11 is 3.24. The molecule has 1 aliphatic rings. The van der Waals surface area contributed by atoms with Crippen molar-refractivity contribution in [2.45, 2.75) is 18.9 Å². The molecular formula is C19H15BrFN7O2. The average molecular weight is 472 g/mol. The number of benzene rings is 1. The molecule has 3 heterocycles. The van der Waals surface area contributed by atoms with E-state index in [9.17, 15) is 14.3 Å². The molecule has 0 spiro atoms. The molecule has 0 saturated heterocycles. The molecule has 0 unspecified atom stereocenters. The first-order chi connectivity index (χ1) is 14.5. The first-order valence-corrected chi connectivity index (χ1v) is 9.93. The van der Waals surface area contributed by atoms with Crippen LogP contribution in [-0.2, 0) is 0 Å². The van der Waals surface area contributed by atoms with Crippen LogP contribution in [0.3, 0.4) is 0 Å². The van der Waals surface area contributed by atoms with Crippen molar-refractivity contribution >= 4 is 39.2 Å². The monoisotopic (exact) mass is 471 g/mol. The summed E-state index contributed by atoms with van der Waals surface area (Å²) in [6.45, 7) is 0. The zero-order chi connectivity index (χ0) is 20.8. The predicted octanol–water partition coefficient (Wildman–Crippen LogP) is 1.71. The van der Waals surface area contributed by atoms with Crippen LogP contribution in [0.5, 0.6) is 5.88 Å². The predicted molar refractivity (Wildman–Crippen MR) is 111 cm³/mol. The lowest BCUT2D eigenvalue weighted by Crippen LogP contribution is -2.20. The fraction of sp³-hybridized carbons (Fsp3) is 0.158. The van der Waals surface area contributed by atoms with Gasteiger partial charge in [0.05, 0.1) is 17.9 Å². The van der Waals surface area contributed by atoms with Gasteiger partial charge in [-0.25, -0.2) is 14.2 Å². The number of anilines is 2. The van der Waals surface area contributed by atoms with E-state index >= 15 is 0 Å². The summed E-state index contributed by atoms with van der Waals surface area (Å²) in [4.78, 5) is 25.4. The number of H-pyrrole nitrogens is 2. The Hall–Kier alpha value is -3.47. The van der Waals surface area contributed by atoms with Crippen molar-refractivity contribution in [3.05, 3.63) is 67.6 Å². The van der Waals surface area contributed by atoms with Crippen molar-refractivity contribution < 1.29 is 9.50 Å². The molecule has 4 N–H and O–H groups in total. The van der Waals surface area contributed by atoms with Gasteiger partial charge in [0.25, 0.3) is 0 Å². The summed E-state index contributed by atoms with van der Waals surface area (Å²) in [5.74, 6) is -0.319. The summed E-state index contributed by atoms with van der Waals surface area (Å²) in [6, 6.07) is 6.63. The Morgan fingerprint density at radius 3 is 2.87 bits per heavy atom. The van der Waals surface area contributed by atoms with Gasteiger partial charge in [0.2, 0.25) is 5.88 Å². The summed E-state index contributed by atoms with van der Waals surface area (Å²) < 4.78 is 16.5. The number of aromatic amines is 2. The number of aromatic nitrogens is 5. The molecule has 0 aliphatic heterocycles. The van der Waals surface area contributed by atoms with E-state index < -0.39 is 11.5 Å². The van der Waals surface area contributed by atoms with Gasteiger partial charge in [-0.1, -0.05) is 15.9 Å². The molecule has 1 saturated carbocycles. The second kappa shape index (κ2) is 7.10. The Morgan fingerprint density at radius 2 is 2.17 bits per heavy atom. The molecule has 0 radical (unpaired) electrons. The average Bonchev–Trinajstić information content (AvgIpc) is 3.33. The van der Waals surface area contributed by atoms with Gasteiger partial charge in [-0.05, 0) is 37.1 Å². The Balaban J connectivity index is 1.68. The maximum absolute atomic E-state index is 14.3. The van der Waals surface area contributed by atoms with E-state index in [1.165, 1.54) is 6.07 Å². The van der Waals surface area contributed by atoms with Gasteiger partial charge in [-0.3, -0.25) is 9.98 Å². The van der Waals surface area contributed by atoms with Crippen LogP contribution in [0.1, 0.15) is 18.5 Å². The number of hydrogen-bond acceptors (Lipinski definition) is 6. The van der Waals surface area contributed by atoms with Crippen LogP contribution in [0.25, 0.3) is 11.7 Å². The zero-order valence-electron chi connectivity index (χ0n) is 15.4. The van der Waals surface area contributed by atoms with Crippen LogP contribution in [0.2, 0.25) is 0 Å². The van der Waals surface area contributed by atoms with E-state index in [1.807, 2.05) is 0 Å². The standard InChI is InChI=1S/C19H15BrFN7O2/c20-10-1-4-13(12(21)6-10)24-15-7-16(23-11-2-3-11)28-17(26-15)9(8-22-28)5-14-18(29)27-19(30)25-14/h1,4-8,11,24,29H,2-3H2,(H2,25,27,30)/b9-5-,23-16?. The van der Waals surface area contributed by atoms with E-state index in [1.54, 1.807) is 35.0 Å². The minimum atomic E-state index is -0.527. The van der Waals surface area contributed by atoms with Crippen molar-refractivity contribution in [3.8, 4) is 5.88 Å². The van der Waals surface area contributed by atoms with E-state index in [4.69, 9.17) is 0 Å². The Morgan fingerprint density at radius 1 is 1.33 bits per heavy atom. The minimum Gasteiger partial charge on any atom is -0.493 e. The molecule has 5 rings (SSSR count). The van der Waals surface area contributed by atoms with Crippen LogP contribution in [0.15, 0.2) is 44.7 Å². The highest BCUT2D eigenvalue weighted by molar-refractivity contribution is 9.10. The third-order valence-corrected chi connectivity index (χ3v) is 5.06. The third kappa shape index (κ3) is 3.59. The van der Waals surface area contributed by atoms with Gasteiger partial charge in [0.1, 0.15) is 17.3 Å². The molecule has 1 aromatic carbocycles. The maximum Gasteiger partial charge on any atom is 0.326 e. The number of imidazole rings is 1. The lowest BCUT2D eigenvalue weighted by atomic mass is 10.3. The topological polar surface area (TPSA) is 123 Å². The molecule has 152 valence electrons.